The van der Waals surface area contributed by atoms with Gasteiger partial charge in [0, 0.05) is 18.1 Å². The van der Waals surface area contributed by atoms with Crippen LogP contribution in [0, 0.1) is 0 Å². The smallest absolute Gasteiger partial charge is 0.261 e. The fraction of sp³-hybridized carbons (Fsp3) is 0.167. The van der Waals surface area contributed by atoms with Gasteiger partial charge in [0.2, 0.25) is 0 Å². The van der Waals surface area contributed by atoms with Crippen molar-refractivity contribution in [3.63, 3.8) is 0 Å². The lowest BCUT2D eigenvalue weighted by molar-refractivity contribution is -0.123. The van der Waals surface area contributed by atoms with Crippen molar-refractivity contribution < 1.29 is 19.1 Å². The summed E-state index contributed by atoms with van der Waals surface area (Å²) in [6, 6.07) is 13.5. The number of amides is 3. The first kappa shape index (κ1) is 17.0. The number of nitrogens with one attached hydrogen (secondary N) is 1. The van der Waals surface area contributed by atoms with E-state index in [9.17, 15) is 14.4 Å². The Hall–Kier alpha value is -2.86. The molecule has 0 saturated heterocycles. The maximum Gasteiger partial charge on any atom is 0.261 e. The molecule has 0 fully saturated rings. The van der Waals surface area contributed by atoms with E-state index >= 15 is 0 Å². The molecule has 7 heteroatoms. The molecule has 1 aliphatic heterocycles. The number of para-hydroxylation sites is 1. The van der Waals surface area contributed by atoms with Gasteiger partial charge in [-0.2, -0.15) is 0 Å². The molecule has 3 amide bonds. The lowest BCUT2D eigenvalue weighted by Gasteiger charge is -2.14. The van der Waals surface area contributed by atoms with Crippen LogP contribution in [0.15, 0.2) is 48.5 Å². The van der Waals surface area contributed by atoms with E-state index in [-0.39, 0.29) is 37.1 Å². The first-order valence-electron chi connectivity index (χ1n) is 7.66. The van der Waals surface area contributed by atoms with Gasteiger partial charge in [-0.15, -0.1) is 0 Å². The van der Waals surface area contributed by atoms with Gasteiger partial charge in [0.25, 0.3) is 17.7 Å². The van der Waals surface area contributed by atoms with Crippen LogP contribution in [0.3, 0.4) is 0 Å². The molecule has 0 aromatic heterocycles. The lowest BCUT2D eigenvalue weighted by atomic mass is 10.1. The maximum absolute atomic E-state index is 12.3. The molecule has 1 heterocycles. The molecule has 3 rings (SSSR count). The van der Waals surface area contributed by atoms with E-state index in [2.05, 4.69) is 5.32 Å². The zero-order valence-corrected chi connectivity index (χ0v) is 14.0. The second-order valence-corrected chi connectivity index (χ2v) is 5.84. The van der Waals surface area contributed by atoms with Crippen molar-refractivity contribution >= 4 is 29.3 Å². The lowest BCUT2D eigenvalue weighted by Crippen LogP contribution is -2.39. The largest absolute Gasteiger partial charge is 0.484 e. The van der Waals surface area contributed by atoms with Crippen LogP contribution in [0.2, 0.25) is 5.02 Å². The van der Waals surface area contributed by atoms with E-state index in [1.54, 1.807) is 18.2 Å². The van der Waals surface area contributed by atoms with Crippen LogP contribution in [0.25, 0.3) is 0 Å². The molecule has 2 aromatic carbocycles. The fourth-order valence-electron chi connectivity index (χ4n) is 2.49. The number of imide groups is 1. The number of nitrogens with zero attached hydrogens (tertiary/aromatic N) is 1. The molecule has 0 unspecified atom stereocenters. The van der Waals surface area contributed by atoms with Crippen molar-refractivity contribution in [2.24, 2.45) is 0 Å². The van der Waals surface area contributed by atoms with E-state index in [1.165, 1.54) is 12.1 Å². The van der Waals surface area contributed by atoms with Gasteiger partial charge in [-0.1, -0.05) is 29.8 Å². The Morgan fingerprint density at radius 3 is 2.52 bits per heavy atom. The monoisotopic (exact) mass is 358 g/mol. The van der Waals surface area contributed by atoms with E-state index in [4.69, 9.17) is 16.3 Å². The van der Waals surface area contributed by atoms with Gasteiger partial charge in [0.1, 0.15) is 5.75 Å². The third-order valence-corrected chi connectivity index (χ3v) is 3.94. The van der Waals surface area contributed by atoms with Gasteiger partial charge in [-0.25, -0.2) is 0 Å². The quantitative estimate of drug-likeness (QED) is 0.803. The highest BCUT2D eigenvalue weighted by Gasteiger charge is 2.35. The van der Waals surface area contributed by atoms with Gasteiger partial charge >= 0.3 is 0 Å². The molecule has 0 spiro atoms. The first-order chi connectivity index (χ1) is 12.1. The van der Waals surface area contributed by atoms with Gasteiger partial charge in [-0.05, 0) is 30.3 Å². The van der Waals surface area contributed by atoms with Gasteiger partial charge in [0.15, 0.2) is 6.61 Å². The molecule has 0 saturated carbocycles. The Bertz CT molecular complexity index is 823. The van der Waals surface area contributed by atoms with E-state index in [0.29, 0.717) is 16.3 Å². The number of hydrogen-bond acceptors (Lipinski definition) is 4. The second-order valence-electron chi connectivity index (χ2n) is 5.40. The Morgan fingerprint density at radius 2 is 1.76 bits per heavy atom. The Morgan fingerprint density at radius 1 is 1.04 bits per heavy atom. The van der Waals surface area contributed by atoms with E-state index < -0.39 is 5.91 Å². The number of halogens is 1. The minimum Gasteiger partial charge on any atom is -0.484 e. The zero-order valence-electron chi connectivity index (χ0n) is 13.2. The van der Waals surface area contributed by atoms with E-state index in [1.807, 2.05) is 18.2 Å². The molecule has 0 radical (unpaired) electrons. The summed E-state index contributed by atoms with van der Waals surface area (Å²) in [6.45, 7) is 0.0962. The summed E-state index contributed by atoms with van der Waals surface area (Å²) in [5, 5.41) is 3.02. The normalized spacial score (nSPS) is 12.9. The number of benzene rings is 2. The minimum atomic E-state index is -0.405. The standard InChI is InChI=1S/C18H15ClN2O4/c19-12-6-7-14-15(10-12)18(24)21(17(14)23)9-8-20-16(22)11-25-13-4-2-1-3-5-13/h1-7,10H,8-9,11H2,(H,20,22). The number of rotatable bonds is 6. The topological polar surface area (TPSA) is 75.7 Å². The van der Waals surface area contributed by atoms with Gasteiger partial charge in [-0.3, -0.25) is 19.3 Å². The van der Waals surface area contributed by atoms with Crippen molar-refractivity contribution in [1.82, 2.24) is 10.2 Å². The summed E-state index contributed by atoms with van der Waals surface area (Å²) >= 11 is 5.86. The number of carbonyl (C=O) groups excluding carboxylic acids is 3. The van der Waals surface area contributed by atoms with Crippen LogP contribution in [0.1, 0.15) is 20.7 Å². The molecule has 25 heavy (non-hydrogen) atoms. The van der Waals surface area contributed by atoms with Crippen molar-refractivity contribution in [3.05, 3.63) is 64.7 Å². The Balaban J connectivity index is 1.49. The van der Waals surface area contributed by atoms with Crippen LogP contribution in [0.4, 0.5) is 0 Å². The van der Waals surface area contributed by atoms with Crippen LogP contribution >= 0.6 is 11.6 Å². The van der Waals surface area contributed by atoms with Crippen molar-refractivity contribution in [3.8, 4) is 5.75 Å². The highest BCUT2D eigenvalue weighted by molar-refractivity contribution is 6.32. The summed E-state index contributed by atoms with van der Waals surface area (Å²) in [5.41, 5.74) is 0.615. The van der Waals surface area contributed by atoms with Crippen molar-refractivity contribution in [2.45, 2.75) is 0 Å². The Kier molecular flexibility index (Phi) is 5.00. The van der Waals surface area contributed by atoms with Gasteiger partial charge in [0.05, 0.1) is 11.1 Å². The van der Waals surface area contributed by atoms with Crippen LogP contribution < -0.4 is 10.1 Å². The summed E-state index contributed by atoms with van der Waals surface area (Å²) in [6.07, 6.45) is 0. The highest BCUT2D eigenvalue weighted by atomic mass is 35.5. The molecule has 1 aliphatic rings. The highest BCUT2D eigenvalue weighted by Crippen LogP contribution is 2.25. The fourth-order valence-corrected chi connectivity index (χ4v) is 2.66. The summed E-state index contributed by atoms with van der Waals surface area (Å²) in [7, 11) is 0. The average Bonchev–Trinajstić information content (AvgIpc) is 2.85. The molecule has 0 aliphatic carbocycles. The van der Waals surface area contributed by atoms with Crippen molar-refractivity contribution in [1.29, 1.82) is 0 Å². The van der Waals surface area contributed by atoms with Crippen molar-refractivity contribution in [2.75, 3.05) is 19.7 Å². The molecular formula is C18H15ClN2O4. The molecular weight excluding hydrogens is 344 g/mol. The van der Waals surface area contributed by atoms with Gasteiger partial charge < -0.3 is 10.1 Å². The molecule has 0 bridgehead atoms. The third kappa shape index (κ3) is 3.80. The minimum absolute atomic E-state index is 0.0844. The molecule has 1 N–H and O–H groups in total. The van der Waals surface area contributed by atoms with Crippen LogP contribution in [-0.2, 0) is 4.79 Å². The number of carbonyl (C=O) groups is 3. The molecule has 128 valence electrons. The summed E-state index contributed by atoms with van der Waals surface area (Å²) < 4.78 is 5.32. The number of ether oxygens (including phenoxy) is 1. The SMILES string of the molecule is O=C(COc1ccccc1)NCCN1C(=O)c2ccc(Cl)cc2C1=O. The predicted molar refractivity (Wildman–Crippen MR) is 91.8 cm³/mol. The Labute approximate surface area is 149 Å². The molecule has 0 atom stereocenters. The van der Waals surface area contributed by atoms with E-state index in [0.717, 1.165) is 4.90 Å². The van der Waals surface area contributed by atoms with Crippen LogP contribution in [-0.4, -0.2) is 42.3 Å². The summed E-state index contributed by atoms with van der Waals surface area (Å²) in [4.78, 5) is 37.4. The third-order valence-electron chi connectivity index (χ3n) is 3.70. The molecule has 6 nitrogen and oxygen atoms in total. The zero-order chi connectivity index (χ0) is 17.8. The summed E-state index contributed by atoms with van der Waals surface area (Å²) in [5.74, 6) is -0.526. The molecule has 2 aromatic rings. The maximum atomic E-state index is 12.3. The van der Waals surface area contributed by atoms with Crippen LogP contribution in [0.5, 0.6) is 5.75 Å². The average molecular weight is 359 g/mol. The number of fused-ring (bicyclic) bond motifs is 1. The number of hydrogen-bond donors (Lipinski definition) is 1. The predicted octanol–water partition coefficient (Wildman–Crippen LogP) is 2.13. The second kappa shape index (κ2) is 7.36. The first-order valence-corrected chi connectivity index (χ1v) is 8.04.